The van der Waals surface area contributed by atoms with Crippen molar-refractivity contribution >= 4 is 0 Å². The molecule has 0 aliphatic carbocycles. The predicted molar refractivity (Wildman–Crippen MR) is 94.8 cm³/mol. The van der Waals surface area contributed by atoms with Gasteiger partial charge in [0.25, 0.3) is 0 Å². The maximum atomic E-state index is 6.45. The lowest BCUT2D eigenvalue weighted by molar-refractivity contribution is -0.436. The molecule has 3 aromatic carbocycles. The molecule has 3 atom stereocenters. The zero-order valence-corrected chi connectivity index (χ0v) is 14.1. The predicted octanol–water partition coefficient (Wildman–Crippen LogP) is 4.64. The minimum Gasteiger partial charge on any atom is -0.319 e. The molecule has 4 heteroatoms. The van der Waals surface area contributed by atoms with Gasteiger partial charge in [0.1, 0.15) is 0 Å². The molecule has 1 fully saturated rings. The van der Waals surface area contributed by atoms with Crippen LogP contribution in [0.3, 0.4) is 0 Å². The van der Waals surface area contributed by atoms with Crippen LogP contribution in [0.5, 0.6) is 0 Å². The summed E-state index contributed by atoms with van der Waals surface area (Å²) in [7, 11) is 0. The molecule has 0 spiro atoms. The molecule has 2 heterocycles. The molecule has 3 aromatic rings. The number of hydrogen-bond donors (Lipinski definition) is 0. The van der Waals surface area contributed by atoms with E-state index in [1.165, 1.54) is 0 Å². The van der Waals surface area contributed by atoms with Crippen LogP contribution >= 0.6 is 0 Å². The summed E-state index contributed by atoms with van der Waals surface area (Å²) < 4.78 is 12.2. The van der Waals surface area contributed by atoms with E-state index in [-0.39, 0.29) is 12.7 Å². The van der Waals surface area contributed by atoms with E-state index >= 15 is 0 Å². The zero-order chi connectivity index (χ0) is 17.4. The average Bonchev–Trinajstić information content (AvgIpc) is 2.91. The molecular weight excluding hydrogens is 328 g/mol. The van der Waals surface area contributed by atoms with Gasteiger partial charge in [-0.25, -0.2) is 4.89 Å². The van der Waals surface area contributed by atoms with E-state index in [0.29, 0.717) is 0 Å². The van der Waals surface area contributed by atoms with Crippen molar-refractivity contribution in [2.24, 2.45) is 0 Å². The molecule has 4 nitrogen and oxygen atoms in total. The van der Waals surface area contributed by atoms with Crippen molar-refractivity contribution in [2.75, 3.05) is 6.79 Å². The molecule has 0 saturated carbocycles. The highest BCUT2D eigenvalue weighted by atomic mass is 17.3. The second kappa shape index (κ2) is 6.34. The smallest absolute Gasteiger partial charge is 0.241 e. The van der Waals surface area contributed by atoms with Crippen LogP contribution in [0.4, 0.5) is 0 Å². The molecule has 0 radical (unpaired) electrons. The normalized spacial score (nSPS) is 27.4. The Hall–Kier alpha value is -2.50. The minimum atomic E-state index is -1.13. The van der Waals surface area contributed by atoms with Crippen LogP contribution in [0.2, 0.25) is 0 Å². The van der Waals surface area contributed by atoms with Crippen molar-refractivity contribution in [1.82, 2.24) is 0 Å². The van der Waals surface area contributed by atoms with E-state index < -0.39 is 12.1 Å². The van der Waals surface area contributed by atoms with Gasteiger partial charge in [-0.05, 0) is 11.1 Å². The Bertz CT molecular complexity index is 896. The summed E-state index contributed by atoms with van der Waals surface area (Å²) in [5.41, 5.74) is 4.10. The molecule has 2 aliphatic rings. The lowest BCUT2D eigenvalue weighted by Crippen LogP contribution is -2.43. The third-order valence-corrected chi connectivity index (χ3v) is 4.98. The first kappa shape index (κ1) is 15.7. The molecule has 0 amide bonds. The van der Waals surface area contributed by atoms with Crippen molar-refractivity contribution in [2.45, 2.75) is 18.0 Å². The lowest BCUT2D eigenvalue weighted by Gasteiger charge is -2.44. The fraction of sp³-hybridized carbons (Fsp3) is 0.182. The van der Waals surface area contributed by atoms with Gasteiger partial charge in [0.05, 0.1) is 5.92 Å². The SMILES string of the molecule is c1ccc([C@H]2c3ccccc3[C@@H]3OCOO[C@@]2(c2ccccc2)O3)cc1. The summed E-state index contributed by atoms with van der Waals surface area (Å²) in [4.78, 5) is 11.3. The molecular formula is C22H18O4. The van der Waals surface area contributed by atoms with E-state index in [2.05, 4.69) is 18.2 Å². The van der Waals surface area contributed by atoms with Crippen molar-refractivity contribution < 1.29 is 19.2 Å². The number of ether oxygens (including phenoxy) is 2. The first-order valence-electron chi connectivity index (χ1n) is 8.68. The fourth-order valence-corrected chi connectivity index (χ4v) is 3.87. The van der Waals surface area contributed by atoms with Crippen LogP contribution in [0.15, 0.2) is 84.9 Å². The Morgan fingerprint density at radius 2 is 1.38 bits per heavy atom. The largest absolute Gasteiger partial charge is 0.319 e. The molecule has 26 heavy (non-hydrogen) atoms. The van der Waals surface area contributed by atoms with Crippen LogP contribution in [-0.4, -0.2) is 6.79 Å². The third-order valence-electron chi connectivity index (χ3n) is 4.98. The van der Waals surface area contributed by atoms with Gasteiger partial charge in [-0.3, -0.25) is 0 Å². The maximum absolute atomic E-state index is 6.45. The maximum Gasteiger partial charge on any atom is 0.241 e. The quantitative estimate of drug-likeness (QED) is 0.634. The van der Waals surface area contributed by atoms with Crippen molar-refractivity contribution in [3.8, 4) is 0 Å². The first-order chi connectivity index (χ1) is 12.9. The van der Waals surface area contributed by atoms with E-state index in [1.54, 1.807) is 0 Å². The first-order valence-corrected chi connectivity index (χ1v) is 8.68. The summed E-state index contributed by atoms with van der Waals surface area (Å²) >= 11 is 0. The standard InChI is InChI=1S/C22H18O4/c1-3-9-16(10-4-1)20-18-13-7-8-14-19(18)21-23-15-24-26-22(20,25-21)17-11-5-2-6-12-17/h1-14,20-21H,15H2/t20-,21+,22+/m0/s1. The van der Waals surface area contributed by atoms with Gasteiger partial charge in [-0.1, -0.05) is 84.9 Å². The molecule has 0 N–H and O–H groups in total. The molecule has 130 valence electrons. The number of benzene rings is 3. The van der Waals surface area contributed by atoms with Crippen LogP contribution in [0.1, 0.15) is 34.5 Å². The van der Waals surface area contributed by atoms with E-state index in [0.717, 1.165) is 22.3 Å². The van der Waals surface area contributed by atoms with Crippen LogP contribution in [0, 0.1) is 0 Å². The average molecular weight is 346 g/mol. The van der Waals surface area contributed by atoms with Crippen LogP contribution in [0.25, 0.3) is 0 Å². The zero-order valence-electron chi connectivity index (χ0n) is 14.1. The third kappa shape index (κ3) is 2.39. The number of fused-ring (bicyclic) bond motifs is 4. The Kier molecular flexibility index (Phi) is 3.84. The van der Waals surface area contributed by atoms with Crippen molar-refractivity contribution in [3.05, 3.63) is 107 Å². The Labute approximate surface area is 151 Å². The summed E-state index contributed by atoms with van der Waals surface area (Å²) in [6.07, 6.45) is -0.547. The van der Waals surface area contributed by atoms with Crippen LogP contribution < -0.4 is 0 Å². The monoisotopic (exact) mass is 346 g/mol. The highest BCUT2D eigenvalue weighted by Crippen LogP contribution is 2.54. The number of hydrogen-bond acceptors (Lipinski definition) is 4. The van der Waals surface area contributed by atoms with Gasteiger partial charge in [0.2, 0.25) is 5.79 Å². The molecule has 2 bridgehead atoms. The topological polar surface area (TPSA) is 36.9 Å². The van der Waals surface area contributed by atoms with Crippen molar-refractivity contribution in [3.63, 3.8) is 0 Å². The van der Waals surface area contributed by atoms with Gasteiger partial charge in [0, 0.05) is 11.1 Å². The summed E-state index contributed by atoms with van der Waals surface area (Å²) in [6.45, 7) is 0.00902. The summed E-state index contributed by atoms with van der Waals surface area (Å²) in [6, 6.07) is 28.3. The molecule has 1 saturated heterocycles. The van der Waals surface area contributed by atoms with Gasteiger partial charge in [-0.15, -0.1) is 0 Å². The lowest BCUT2D eigenvalue weighted by atomic mass is 9.77. The second-order valence-corrected chi connectivity index (χ2v) is 6.44. The fourth-order valence-electron chi connectivity index (χ4n) is 3.87. The molecule has 0 aromatic heterocycles. The highest BCUT2D eigenvalue weighted by Gasteiger charge is 2.54. The van der Waals surface area contributed by atoms with Gasteiger partial charge >= 0.3 is 0 Å². The van der Waals surface area contributed by atoms with E-state index in [4.69, 9.17) is 19.2 Å². The van der Waals surface area contributed by atoms with E-state index in [9.17, 15) is 0 Å². The van der Waals surface area contributed by atoms with Gasteiger partial charge in [-0.2, -0.15) is 4.89 Å². The Balaban J connectivity index is 1.80. The molecule has 2 aliphatic heterocycles. The van der Waals surface area contributed by atoms with Gasteiger partial charge < -0.3 is 9.47 Å². The van der Waals surface area contributed by atoms with E-state index in [1.807, 2.05) is 66.7 Å². The molecule has 0 unspecified atom stereocenters. The Morgan fingerprint density at radius 1 is 0.731 bits per heavy atom. The summed E-state index contributed by atoms with van der Waals surface area (Å²) in [5.74, 6) is -1.32. The van der Waals surface area contributed by atoms with Crippen molar-refractivity contribution in [1.29, 1.82) is 0 Å². The van der Waals surface area contributed by atoms with Crippen LogP contribution in [-0.2, 0) is 25.0 Å². The summed E-state index contributed by atoms with van der Waals surface area (Å²) in [5, 5.41) is 0. The molecule has 5 rings (SSSR count). The second-order valence-electron chi connectivity index (χ2n) is 6.44. The van der Waals surface area contributed by atoms with Gasteiger partial charge in [0.15, 0.2) is 13.1 Å². The minimum absolute atomic E-state index is 0.00902. The number of rotatable bonds is 2. The highest BCUT2D eigenvalue weighted by molar-refractivity contribution is 5.45. The Morgan fingerprint density at radius 3 is 2.15 bits per heavy atom.